The van der Waals surface area contributed by atoms with Crippen molar-refractivity contribution in [3.8, 4) is 5.75 Å². The van der Waals surface area contributed by atoms with E-state index in [1.54, 1.807) is 6.20 Å². The highest BCUT2D eigenvalue weighted by atomic mass is 16.5. The number of aromatic nitrogens is 2. The first-order chi connectivity index (χ1) is 12.2. The van der Waals surface area contributed by atoms with Gasteiger partial charge in [-0.2, -0.15) is 5.10 Å². The van der Waals surface area contributed by atoms with Crippen LogP contribution in [0, 0.1) is 0 Å². The van der Waals surface area contributed by atoms with Crippen LogP contribution in [-0.4, -0.2) is 35.4 Å². The molecule has 1 unspecified atom stereocenters. The SMILES string of the molecule is CCOc1cccc(C(C)NC(=O)C2(n3cccn3)CCNCC2)c1. The second-order valence-corrected chi connectivity index (χ2v) is 6.43. The maximum Gasteiger partial charge on any atom is 0.248 e. The molecule has 1 fully saturated rings. The van der Waals surface area contributed by atoms with Crippen molar-refractivity contribution in [1.82, 2.24) is 20.4 Å². The van der Waals surface area contributed by atoms with Crippen molar-refractivity contribution in [3.63, 3.8) is 0 Å². The summed E-state index contributed by atoms with van der Waals surface area (Å²) in [7, 11) is 0. The Kier molecular flexibility index (Phi) is 5.38. The van der Waals surface area contributed by atoms with Crippen molar-refractivity contribution in [2.24, 2.45) is 0 Å². The third-order valence-electron chi connectivity index (χ3n) is 4.81. The third kappa shape index (κ3) is 3.69. The molecule has 2 heterocycles. The van der Waals surface area contributed by atoms with Crippen LogP contribution in [0.4, 0.5) is 0 Å². The number of hydrogen-bond donors (Lipinski definition) is 2. The molecular weight excluding hydrogens is 316 g/mol. The summed E-state index contributed by atoms with van der Waals surface area (Å²) in [6.45, 7) is 6.20. The molecule has 6 nitrogen and oxygen atoms in total. The molecule has 0 bridgehead atoms. The molecule has 1 amide bonds. The van der Waals surface area contributed by atoms with Crippen molar-refractivity contribution in [1.29, 1.82) is 0 Å². The maximum absolute atomic E-state index is 13.2. The molecule has 134 valence electrons. The Morgan fingerprint density at radius 1 is 1.40 bits per heavy atom. The molecule has 3 rings (SSSR count). The van der Waals surface area contributed by atoms with E-state index < -0.39 is 5.54 Å². The zero-order valence-electron chi connectivity index (χ0n) is 14.9. The first kappa shape index (κ1) is 17.5. The van der Waals surface area contributed by atoms with Crippen LogP contribution in [0.15, 0.2) is 42.7 Å². The number of nitrogens with zero attached hydrogens (tertiary/aromatic N) is 2. The Morgan fingerprint density at radius 2 is 2.20 bits per heavy atom. The summed E-state index contributed by atoms with van der Waals surface area (Å²) in [6, 6.07) is 9.64. The van der Waals surface area contributed by atoms with E-state index in [1.807, 2.05) is 55.1 Å². The van der Waals surface area contributed by atoms with Crippen LogP contribution in [0.1, 0.15) is 38.3 Å². The Labute approximate surface area is 148 Å². The van der Waals surface area contributed by atoms with Crippen LogP contribution >= 0.6 is 0 Å². The minimum Gasteiger partial charge on any atom is -0.494 e. The van der Waals surface area contributed by atoms with E-state index >= 15 is 0 Å². The van der Waals surface area contributed by atoms with Crippen LogP contribution in [0.5, 0.6) is 5.75 Å². The van der Waals surface area contributed by atoms with Gasteiger partial charge in [0.15, 0.2) is 0 Å². The predicted octanol–water partition coefficient (Wildman–Crippen LogP) is 2.24. The lowest BCUT2D eigenvalue weighted by Gasteiger charge is -2.37. The number of hydrogen-bond acceptors (Lipinski definition) is 4. The largest absolute Gasteiger partial charge is 0.494 e. The molecule has 0 saturated carbocycles. The quantitative estimate of drug-likeness (QED) is 0.845. The summed E-state index contributed by atoms with van der Waals surface area (Å²) in [6.07, 6.45) is 5.07. The Hall–Kier alpha value is -2.34. The van der Waals surface area contributed by atoms with Crippen molar-refractivity contribution >= 4 is 5.91 Å². The number of piperidine rings is 1. The summed E-state index contributed by atoms with van der Waals surface area (Å²) >= 11 is 0. The predicted molar refractivity (Wildman–Crippen MR) is 96.5 cm³/mol. The Morgan fingerprint density at radius 3 is 2.88 bits per heavy atom. The van der Waals surface area contributed by atoms with E-state index in [0.29, 0.717) is 6.61 Å². The minimum atomic E-state index is -0.624. The van der Waals surface area contributed by atoms with E-state index in [0.717, 1.165) is 37.2 Å². The number of carbonyl (C=O) groups is 1. The van der Waals surface area contributed by atoms with Gasteiger partial charge in [-0.15, -0.1) is 0 Å². The van der Waals surface area contributed by atoms with Gasteiger partial charge in [-0.1, -0.05) is 12.1 Å². The smallest absolute Gasteiger partial charge is 0.248 e. The normalized spacial score (nSPS) is 17.7. The number of ether oxygens (including phenoxy) is 1. The van der Waals surface area contributed by atoms with Gasteiger partial charge >= 0.3 is 0 Å². The molecule has 1 aliphatic heterocycles. The highest BCUT2D eigenvalue weighted by Crippen LogP contribution is 2.29. The molecule has 0 radical (unpaired) electrons. The highest BCUT2D eigenvalue weighted by Gasteiger charge is 2.42. The summed E-state index contributed by atoms with van der Waals surface area (Å²) in [5.74, 6) is 0.844. The minimum absolute atomic E-state index is 0.0204. The van der Waals surface area contributed by atoms with Gasteiger partial charge in [-0.25, -0.2) is 0 Å². The van der Waals surface area contributed by atoms with Crippen LogP contribution in [0.2, 0.25) is 0 Å². The molecule has 2 aromatic rings. The topological polar surface area (TPSA) is 68.2 Å². The van der Waals surface area contributed by atoms with Crippen LogP contribution < -0.4 is 15.4 Å². The number of rotatable bonds is 6. The zero-order valence-corrected chi connectivity index (χ0v) is 14.9. The molecule has 2 N–H and O–H groups in total. The molecule has 0 aliphatic carbocycles. The van der Waals surface area contributed by atoms with E-state index in [1.165, 1.54) is 0 Å². The summed E-state index contributed by atoms with van der Waals surface area (Å²) in [5.41, 5.74) is 0.407. The van der Waals surface area contributed by atoms with Crippen molar-refractivity contribution in [2.75, 3.05) is 19.7 Å². The highest BCUT2D eigenvalue weighted by molar-refractivity contribution is 5.85. The fourth-order valence-corrected chi connectivity index (χ4v) is 3.38. The van der Waals surface area contributed by atoms with Gasteiger partial charge in [0.05, 0.1) is 12.6 Å². The summed E-state index contributed by atoms with van der Waals surface area (Å²) in [5, 5.41) is 10.9. The van der Waals surface area contributed by atoms with Crippen LogP contribution in [0.3, 0.4) is 0 Å². The molecule has 1 aromatic carbocycles. The van der Waals surface area contributed by atoms with Gasteiger partial charge in [-0.3, -0.25) is 9.48 Å². The molecule has 1 atom stereocenters. The zero-order chi connectivity index (χ0) is 17.7. The first-order valence-corrected chi connectivity index (χ1v) is 8.90. The average Bonchev–Trinajstić information content (AvgIpc) is 3.18. The Bertz CT molecular complexity index is 693. The van der Waals surface area contributed by atoms with E-state index in [4.69, 9.17) is 4.74 Å². The standard InChI is InChI=1S/C19H26N4O2/c1-3-25-17-7-4-6-16(14-17)15(2)22-18(24)19(8-11-20-12-9-19)23-13-5-10-21-23/h4-7,10,13-15,20H,3,8-9,11-12H2,1-2H3,(H,22,24). The first-order valence-electron chi connectivity index (χ1n) is 8.90. The number of benzene rings is 1. The van der Waals surface area contributed by atoms with Crippen molar-refractivity contribution in [2.45, 2.75) is 38.3 Å². The number of amides is 1. The van der Waals surface area contributed by atoms with Crippen molar-refractivity contribution < 1.29 is 9.53 Å². The van der Waals surface area contributed by atoms with E-state index in [-0.39, 0.29) is 11.9 Å². The lowest BCUT2D eigenvalue weighted by atomic mass is 9.87. The average molecular weight is 342 g/mol. The van der Waals surface area contributed by atoms with E-state index in [2.05, 4.69) is 15.7 Å². The molecular formula is C19H26N4O2. The summed E-state index contributed by atoms with van der Waals surface area (Å²) in [4.78, 5) is 13.2. The van der Waals surface area contributed by atoms with Gasteiger partial charge in [-0.05, 0) is 63.5 Å². The van der Waals surface area contributed by atoms with Gasteiger partial charge in [0.25, 0.3) is 0 Å². The molecule has 1 saturated heterocycles. The van der Waals surface area contributed by atoms with Gasteiger partial charge < -0.3 is 15.4 Å². The fraction of sp³-hybridized carbons (Fsp3) is 0.474. The van der Waals surface area contributed by atoms with Gasteiger partial charge in [0.2, 0.25) is 5.91 Å². The molecule has 1 aliphatic rings. The van der Waals surface area contributed by atoms with Gasteiger partial charge in [0.1, 0.15) is 11.3 Å². The number of carbonyl (C=O) groups excluding carboxylic acids is 1. The molecule has 0 spiro atoms. The third-order valence-corrected chi connectivity index (χ3v) is 4.81. The second-order valence-electron chi connectivity index (χ2n) is 6.43. The monoisotopic (exact) mass is 342 g/mol. The van der Waals surface area contributed by atoms with Crippen LogP contribution in [0.25, 0.3) is 0 Å². The molecule has 25 heavy (non-hydrogen) atoms. The summed E-state index contributed by atoms with van der Waals surface area (Å²) < 4.78 is 7.37. The Balaban J connectivity index is 1.78. The van der Waals surface area contributed by atoms with Crippen molar-refractivity contribution in [3.05, 3.63) is 48.3 Å². The number of nitrogens with one attached hydrogen (secondary N) is 2. The molecule has 6 heteroatoms. The van der Waals surface area contributed by atoms with Gasteiger partial charge in [0, 0.05) is 12.4 Å². The lowest BCUT2D eigenvalue weighted by molar-refractivity contribution is -0.132. The fourth-order valence-electron chi connectivity index (χ4n) is 3.38. The lowest BCUT2D eigenvalue weighted by Crippen LogP contribution is -2.55. The van der Waals surface area contributed by atoms with E-state index in [9.17, 15) is 4.79 Å². The van der Waals surface area contributed by atoms with Crippen LogP contribution in [-0.2, 0) is 10.3 Å². The maximum atomic E-state index is 13.2. The molecule has 1 aromatic heterocycles. The second kappa shape index (κ2) is 7.70.